The summed E-state index contributed by atoms with van der Waals surface area (Å²) in [6.07, 6.45) is 1.68. The summed E-state index contributed by atoms with van der Waals surface area (Å²) in [5, 5.41) is 4.68. The normalized spacial score (nSPS) is 10.7. The first-order valence-electron chi connectivity index (χ1n) is 6.41. The zero-order valence-corrected chi connectivity index (χ0v) is 12.9. The number of anilines is 1. The van der Waals surface area contributed by atoms with Crippen LogP contribution in [0, 0.1) is 6.92 Å². The number of nitrogens with zero attached hydrogens (tertiary/aromatic N) is 1. The maximum atomic E-state index is 6.14. The second-order valence-electron chi connectivity index (χ2n) is 4.48. The highest BCUT2D eigenvalue weighted by Crippen LogP contribution is 2.35. The Morgan fingerprint density at radius 3 is 2.62 bits per heavy atom. The van der Waals surface area contributed by atoms with Crippen LogP contribution in [0.3, 0.4) is 0 Å². The van der Waals surface area contributed by atoms with E-state index in [1.807, 2.05) is 37.3 Å². The maximum Gasteiger partial charge on any atom is 0.179 e. The molecular weight excluding hydrogens is 288 g/mol. The molecule has 0 atom stereocenters. The molecule has 0 aliphatic rings. The van der Waals surface area contributed by atoms with Gasteiger partial charge in [-0.25, -0.2) is 0 Å². The number of hydrogen-bond donors (Lipinski definition) is 1. The van der Waals surface area contributed by atoms with E-state index < -0.39 is 0 Å². The van der Waals surface area contributed by atoms with Crippen molar-refractivity contribution in [2.45, 2.75) is 6.92 Å². The molecule has 5 heteroatoms. The van der Waals surface area contributed by atoms with Crippen LogP contribution in [-0.4, -0.2) is 20.4 Å². The van der Waals surface area contributed by atoms with Crippen molar-refractivity contribution >= 4 is 23.5 Å². The molecule has 2 aromatic carbocycles. The predicted molar refractivity (Wildman–Crippen MR) is 87.0 cm³/mol. The second kappa shape index (κ2) is 6.99. The van der Waals surface area contributed by atoms with Gasteiger partial charge in [0.25, 0.3) is 0 Å². The third-order valence-corrected chi connectivity index (χ3v) is 3.16. The number of benzene rings is 2. The van der Waals surface area contributed by atoms with Crippen LogP contribution in [-0.2, 0) is 0 Å². The minimum absolute atomic E-state index is 0.480. The highest BCUT2D eigenvalue weighted by atomic mass is 35.5. The topological polar surface area (TPSA) is 42.8 Å². The number of methoxy groups -OCH3 is 2. The fourth-order valence-corrected chi connectivity index (χ4v) is 2.20. The summed E-state index contributed by atoms with van der Waals surface area (Å²) >= 11 is 6.14. The quantitative estimate of drug-likeness (QED) is 0.667. The standard InChI is InChI=1S/C16H17ClN2O2/c1-11-5-4-6-13(7-11)19-18-10-12-8-14(17)16(21-3)15(9-12)20-2/h4-10,19H,1-3H3/b18-10-. The SMILES string of the molecule is COc1cc(/C=N\Nc2cccc(C)c2)cc(Cl)c1OC. The van der Waals surface area contributed by atoms with Crippen LogP contribution in [0.5, 0.6) is 11.5 Å². The molecule has 4 nitrogen and oxygen atoms in total. The summed E-state index contributed by atoms with van der Waals surface area (Å²) in [6, 6.07) is 11.5. The molecule has 0 aliphatic carbocycles. The largest absolute Gasteiger partial charge is 0.493 e. The van der Waals surface area contributed by atoms with Crippen molar-refractivity contribution in [3.05, 3.63) is 52.5 Å². The number of ether oxygens (including phenoxy) is 2. The first-order chi connectivity index (χ1) is 10.1. The van der Waals surface area contributed by atoms with Gasteiger partial charge in [-0.3, -0.25) is 5.43 Å². The minimum atomic E-state index is 0.480. The molecule has 0 spiro atoms. The summed E-state index contributed by atoms with van der Waals surface area (Å²) in [6.45, 7) is 2.03. The van der Waals surface area contributed by atoms with Crippen molar-refractivity contribution in [3.63, 3.8) is 0 Å². The van der Waals surface area contributed by atoms with Crippen LogP contribution in [0.25, 0.3) is 0 Å². The molecule has 0 amide bonds. The van der Waals surface area contributed by atoms with Crippen LogP contribution in [0.4, 0.5) is 5.69 Å². The Bertz CT molecular complexity index is 657. The van der Waals surface area contributed by atoms with E-state index in [1.54, 1.807) is 26.5 Å². The summed E-state index contributed by atoms with van der Waals surface area (Å²) in [4.78, 5) is 0. The number of halogens is 1. The minimum Gasteiger partial charge on any atom is -0.493 e. The molecule has 2 aromatic rings. The van der Waals surface area contributed by atoms with E-state index in [9.17, 15) is 0 Å². The predicted octanol–water partition coefficient (Wildman–Crippen LogP) is 4.11. The zero-order chi connectivity index (χ0) is 15.2. The van der Waals surface area contributed by atoms with Gasteiger partial charge in [-0.15, -0.1) is 0 Å². The fraction of sp³-hybridized carbons (Fsp3) is 0.188. The Hall–Kier alpha value is -2.20. The lowest BCUT2D eigenvalue weighted by Crippen LogP contribution is -1.95. The molecular formula is C16H17ClN2O2. The fourth-order valence-electron chi connectivity index (χ4n) is 1.91. The van der Waals surface area contributed by atoms with Gasteiger partial charge in [-0.2, -0.15) is 5.10 Å². The molecule has 0 radical (unpaired) electrons. The van der Waals surface area contributed by atoms with Crippen LogP contribution < -0.4 is 14.9 Å². The summed E-state index contributed by atoms with van der Waals surface area (Å²) < 4.78 is 10.4. The van der Waals surface area contributed by atoms with Gasteiger partial charge in [0.1, 0.15) is 0 Å². The van der Waals surface area contributed by atoms with Crippen LogP contribution >= 0.6 is 11.6 Å². The smallest absolute Gasteiger partial charge is 0.179 e. The van der Waals surface area contributed by atoms with Crippen molar-refractivity contribution in [2.75, 3.05) is 19.6 Å². The van der Waals surface area contributed by atoms with Crippen molar-refractivity contribution in [2.24, 2.45) is 5.10 Å². The van der Waals surface area contributed by atoms with Gasteiger partial charge in [0.2, 0.25) is 0 Å². The summed E-state index contributed by atoms with van der Waals surface area (Å²) in [5.74, 6) is 1.09. The zero-order valence-electron chi connectivity index (χ0n) is 12.2. The number of hydrazone groups is 1. The monoisotopic (exact) mass is 304 g/mol. The van der Waals surface area contributed by atoms with Gasteiger partial charge in [0, 0.05) is 0 Å². The molecule has 0 heterocycles. The van der Waals surface area contributed by atoms with E-state index in [0.29, 0.717) is 16.5 Å². The highest BCUT2D eigenvalue weighted by molar-refractivity contribution is 6.32. The van der Waals surface area contributed by atoms with Gasteiger partial charge >= 0.3 is 0 Å². The average molecular weight is 305 g/mol. The van der Waals surface area contributed by atoms with E-state index in [-0.39, 0.29) is 0 Å². The van der Waals surface area contributed by atoms with Gasteiger partial charge in [-0.05, 0) is 42.3 Å². The molecule has 0 bridgehead atoms. The van der Waals surface area contributed by atoms with E-state index in [2.05, 4.69) is 10.5 Å². The van der Waals surface area contributed by atoms with E-state index in [0.717, 1.165) is 11.3 Å². The molecule has 0 aromatic heterocycles. The third kappa shape index (κ3) is 3.89. The first kappa shape index (κ1) is 15.2. The molecule has 0 aliphatic heterocycles. The molecule has 0 saturated carbocycles. The van der Waals surface area contributed by atoms with Crippen molar-refractivity contribution < 1.29 is 9.47 Å². The molecule has 110 valence electrons. The summed E-state index contributed by atoms with van der Waals surface area (Å²) in [7, 11) is 3.12. The highest BCUT2D eigenvalue weighted by Gasteiger charge is 2.09. The van der Waals surface area contributed by atoms with E-state index >= 15 is 0 Å². The Labute approximate surface area is 129 Å². The Morgan fingerprint density at radius 2 is 1.95 bits per heavy atom. The maximum absolute atomic E-state index is 6.14. The van der Waals surface area contributed by atoms with Crippen LogP contribution in [0.2, 0.25) is 5.02 Å². The average Bonchev–Trinajstić information content (AvgIpc) is 2.46. The van der Waals surface area contributed by atoms with Crippen LogP contribution in [0.15, 0.2) is 41.5 Å². The molecule has 0 saturated heterocycles. The van der Waals surface area contributed by atoms with Gasteiger partial charge in [0.05, 0.1) is 31.1 Å². The number of hydrogen-bond acceptors (Lipinski definition) is 4. The lowest BCUT2D eigenvalue weighted by Gasteiger charge is -2.10. The van der Waals surface area contributed by atoms with E-state index in [1.165, 1.54) is 5.56 Å². The molecule has 21 heavy (non-hydrogen) atoms. The first-order valence-corrected chi connectivity index (χ1v) is 6.79. The summed E-state index contributed by atoms with van der Waals surface area (Å²) in [5.41, 5.74) is 5.89. The molecule has 0 unspecified atom stereocenters. The lowest BCUT2D eigenvalue weighted by atomic mass is 10.2. The third-order valence-electron chi connectivity index (χ3n) is 2.88. The molecule has 1 N–H and O–H groups in total. The number of nitrogens with one attached hydrogen (secondary N) is 1. The second-order valence-corrected chi connectivity index (χ2v) is 4.88. The molecule has 0 fully saturated rings. The number of rotatable bonds is 5. The van der Waals surface area contributed by atoms with Gasteiger partial charge < -0.3 is 9.47 Å². The van der Waals surface area contributed by atoms with E-state index in [4.69, 9.17) is 21.1 Å². The van der Waals surface area contributed by atoms with Crippen molar-refractivity contribution in [1.29, 1.82) is 0 Å². The Kier molecular flexibility index (Phi) is 5.06. The molecule has 2 rings (SSSR count). The van der Waals surface area contributed by atoms with Crippen LogP contribution in [0.1, 0.15) is 11.1 Å². The Balaban J connectivity index is 2.16. The van der Waals surface area contributed by atoms with Gasteiger partial charge in [-0.1, -0.05) is 23.7 Å². The number of aryl methyl sites for hydroxylation is 1. The van der Waals surface area contributed by atoms with Crippen molar-refractivity contribution in [3.8, 4) is 11.5 Å². The van der Waals surface area contributed by atoms with Gasteiger partial charge in [0.15, 0.2) is 11.5 Å². The Morgan fingerprint density at radius 1 is 1.14 bits per heavy atom. The van der Waals surface area contributed by atoms with Crippen molar-refractivity contribution in [1.82, 2.24) is 0 Å². The lowest BCUT2D eigenvalue weighted by molar-refractivity contribution is 0.355.